The fourth-order valence-corrected chi connectivity index (χ4v) is 3.52. The summed E-state index contributed by atoms with van der Waals surface area (Å²) in [6, 6.07) is 0. The Hall–Kier alpha value is -0.353. The zero-order valence-corrected chi connectivity index (χ0v) is 12.9. The third-order valence-electron chi connectivity index (χ3n) is 3.38. The fourth-order valence-electron chi connectivity index (χ4n) is 2.55. The van der Waals surface area contributed by atoms with Crippen LogP contribution in [0, 0.1) is 11.3 Å². The van der Waals surface area contributed by atoms with Crippen LogP contribution < -0.4 is 0 Å². The zero-order chi connectivity index (χ0) is 13.3. The fraction of sp³-hybridized carbons (Fsp3) is 0.923. The maximum Gasteiger partial charge on any atom is 0.305 e. The molecule has 0 heterocycles. The summed E-state index contributed by atoms with van der Waals surface area (Å²) in [6.45, 7) is 12.4. The van der Waals surface area contributed by atoms with Crippen LogP contribution in [-0.4, -0.2) is 20.8 Å². The number of carbonyl (C=O) groups is 1. The van der Waals surface area contributed by atoms with E-state index in [1.54, 1.807) is 0 Å². The van der Waals surface area contributed by atoms with Crippen LogP contribution in [-0.2, 0) is 14.0 Å². The van der Waals surface area contributed by atoms with Gasteiger partial charge < -0.3 is 9.16 Å². The summed E-state index contributed by atoms with van der Waals surface area (Å²) in [5, 5.41) is 0. The van der Waals surface area contributed by atoms with Crippen molar-refractivity contribution in [3.8, 4) is 0 Å². The minimum atomic E-state index is -0.865. The Labute approximate surface area is 107 Å². The molecule has 1 rings (SSSR count). The molecule has 2 unspecified atom stereocenters. The molecule has 1 aliphatic rings. The first kappa shape index (κ1) is 14.7. The van der Waals surface area contributed by atoms with Crippen LogP contribution in [0.25, 0.3) is 0 Å². The van der Waals surface area contributed by atoms with E-state index in [4.69, 9.17) is 9.16 Å². The molecule has 3 nitrogen and oxygen atoms in total. The van der Waals surface area contributed by atoms with Crippen LogP contribution in [0.4, 0.5) is 0 Å². The average Bonchev–Trinajstić information content (AvgIpc) is 2.44. The molecule has 1 fully saturated rings. The van der Waals surface area contributed by atoms with Crippen molar-refractivity contribution in [1.82, 2.24) is 0 Å². The van der Waals surface area contributed by atoms with Crippen molar-refractivity contribution in [3.63, 3.8) is 0 Å². The molecule has 0 aromatic heterocycles. The number of ether oxygens (including phenoxy) is 1. The molecular formula is C13H25O3Si. The van der Waals surface area contributed by atoms with E-state index in [-0.39, 0.29) is 11.4 Å². The Kier molecular flexibility index (Phi) is 4.41. The van der Waals surface area contributed by atoms with Gasteiger partial charge in [0.25, 0.3) is 0 Å². The lowest BCUT2D eigenvalue weighted by atomic mass is 9.79. The minimum Gasteiger partial charge on any atom is -0.434 e. The average molecular weight is 257 g/mol. The maximum atomic E-state index is 11.3. The Morgan fingerprint density at radius 2 is 1.94 bits per heavy atom. The molecule has 2 atom stereocenters. The maximum absolute atomic E-state index is 11.3. The van der Waals surface area contributed by atoms with Gasteiger partial charge in [-0.3, -0.25) is 4.79 Å². The normalized spacial score (nSPS) is 29.7. The van der Waals surface area contributed by atoms with Gasteiger partial charge in [0.2, 0.25) is 14.8 Å². The number of hydrogen-bond donors (Lipinski definition) is 0. The summed E-state index contributed by atoms with van der Waals surface area (Å²) in [7, 11) is -0.865. The predicted octanol–water partition coefficient (Wildman–Crippen LogP) is 3.36. The molecule has 1 aliphatic carbocycles. The number of carbonyl (C=O) groups excluding carboxylic acids is 1. The summed E-state index contributed by atoms with van der Waals surface area (Å²) in [5.41, 5.74) is 0.250. The molecule has 99 valence electrons. The second kappa shape index (κ2) is 5.10. The Morgan fingerprint density at radius 1 is 1.35 bits per heavy atom. The Bertz CT molecular complexity index is 283. The van der Waals surface area contributed by atoms with Gasteiger partial charge in [0.15, 0.2) is 0 Å². The Balaban J connectivity index is 2.77. The molecule has 4 heteroatoms. The molecule has 0 saturated heterocycles. The first-order valence-corrected chi connectivity index (χ1v) is 8.74. The van der Waals surface area contributed by atoms with Gasteiger partial charge in [0, 0.05) is 19.8 Å². The minimum absolute atomic E-state index is 0.234. The summed E-state index contributed by atoms with van der Waals surface area (Å²) < 4.78 is 11.5. The summed E-state index contributed by atoms with van der Waals surface area (Å²) in [5.74, 6) is -0.312. The van der Waals surface area contributed by atoms with Gasteiger partial charge in [-0.1, -0.05) is 20.8 Å². The van der Waals surface area contributed by atoms with Gasteiger partial charge in [-0.15, -0.1) is 0 Å². The van der Waals surface area contributed by atoms with E-state index in [2.05, 4.69) is 33.9 Å². The molecule has 0 bridgehead atoms. The van der Waals surface area contributed by atoms with Crippen molar-refractivity contribution in [2.45, 2.75) is 65.8 Å². The SMILES string of the molecule is CC(=O)OC1(O[Si](C)C)CCC(C(C)(C)C)C1. The number of hydrogen-bond acceptors (Lipinski definition) is 3. The van der Waals surface area contributed by atoms with Crippen LogP contribution in [0.3, 0.4) is 0 Å². The molecule has 0 aliphatic heterocycles. The van der Waals surface area contributed by atoms with Gasteiger partial charge in [-0.05, 0) is 30.8 Å². The topological polar surface area (TPSA) is 35.5 Å². The number of esters is 1. The van der Waals surface area contributed by atoms with Gasteiger partial charge >= 0.3 is 5.97 Å². The van der Waals surface area contributed by atoms with Crippen LogP contribution in [0.5, 0.6) is 0 Å². The van der Waals surface area contributed by atoms with Gasteiger partial charge in [0.1, 0.15) is 0 Å². The second-order valence-electron chi connectivity index (χ2n) is 6.32. The largest absolute Gasteiger partial charge is 0.434 e. The van der Waals surface area contributed by atoms with Gasteiger partial charge in [-0.25, -0.2) is 0 Å². The van der Waals surface area contributed by atoms with Gasteiger partial charge in [-0.2, -0.15) is 0 Å². The summed E-state index contributed by atoms with van der Waals surface area (Å²) in [6.07, 6.45) is 2.75. The molecule has 0 aromatic rings. The smallest absolute Gasteiger partial charge is 0.305 e. The van der Waals surface area contributed by atoms with Crippen LogP contribution in [0.2, 0.25) is 13.1 Å². The van der Waals surface area contributed by atoms with E-state index in [1.165, 1.54) is 6.92 Å². The Morgan fingerprint density at radius 3 is 2.29 bits per heavy atom. The van der Waals surface area contributed by atoms with E-state index in [9.17, 15) is 4.79 Å². The summed E-state index contributed by atoms with van der Waals surface area (Å²) in [4.78, 5) is 11.3. The van der Waals surface area contributed by atoms with Crippen LogP contribution in [0.15, 0.2) is 0 Å². The highest BCUT2D eigenvalue weighted by Crippen LogP contribution is 2.46. The molecule has 1 radical (unpaired) electrons. The molecule has 17 heavy (non-hydrogen) atoms. The molecule has 0 aromatic carbocycles. The van der Waals surface area contributed by atoms with E-state index in [0.29, 0.717) is 5.92 Å². The standard InChI is InChI=1S/C13H25O3Si/c1-10(14)15-13(16-17(5)6)8-7-11(9-13)12(2,3)4/h11H,7-9H2,1-6H3. The highest BCUT2D eigenvalue weighted by molar-refractivity contribution is 6.48. The van der Waals surface area contributed by atoms with E-state index in [1.807, 2.05) is 0 Å². The van der Waals surface area contributed by atoms with Crippen molar-refractivity contribution in [2.24, 2.45) is 11.3 Å². The van der Waals surface area contributed by atoms with Crippen molar-refractivity contribution in [2.75, 3.05) is 0 Å². The molecule has 0 spiro atoms. The van der Waals surface area contributed by atoms with Crippen molar-refractivity contribution < 1.29 is 14.0 Å². The molecular weight excluding hydrogens is 232 g/mol. The van der Waals surface area contributed by atoms with E-state index >= 15 is 0 Å². The van der Waals surface area contributed by atoms with Crippen molar-refractivity contribution >= 4 is 15.0 Å². The third kappa shape index (κ3) is 4.10. The van der Waals surface area contributed by atoms with Crippen molar-refractivity contribution in [3.05, 3.63) is 0 Å². The first-order chi connectivity index (χ1) is 7.65. The molecule has 1 saturated carbocycles. The third-order valence-corrected chi connectivity index (χ3v) is 4.16. The lowest BCUT2D eigenvalue weighted by Crippen LogP contribution is -2.39. The zero-order valence-electron chi connectivity index (χ0n) is 11.9. The van der Waals surface area contributed by atoms with Crippen LogP contribution in [0.1, 0.15) is 47.0 Å². The lowest BCUT2D eigenvalue weighted by molar-refractivity contribution is -0.196. The van der Waals surface area contributed by atoms with E-state index < -0.39 is 14.8 Å². The molecule has 0 N–H and O–H groups in total. The first-order valence-electron chi connectivity index (χ1n) is 6.33. The van der Waals surface area contributed by atoms with Gasteiger partial charge in [0.05, 0.1) is 0 Å². The van der Waals surface area contributed by atoms with Crippen molar-refractivity contribution in [1.29, 1.82) is 0 Å². The predicted molar refractivity (Wildman–Crippen MR) is 69.9 cm³/mol. The highest BCUT2D eigenvalue weighted by atomic mass is 28.3. The summed E-state index contributed by atoms with van der Waals surface area (Å²) >= 11 is 0. The van der Waals surface area contributed by atoms with E-state index in [0.717, 1.165) is 19.3 Å². The quantitative estimate of drug-likeness (QED) is 0.442. The molecule has 0 amide bonds. The highest BCUT2D eigenvalue weighted by Gasteiger charge is 2.47. The van der Waals surface area contributed by atoms with Crippen LogP contribution >= 0.6 is 0 Å². The monoisotopic (exact) mass is 257 g/mol. The lowest BCUT2D eigenvalue weighted by Gasteiger charge is -2.33. The number of rotatable bonds is 3. The second-order valence-corrected chi connectivity index (χ2v) is 8.34.